The average Bonchev–Trinajstić information content (AvgIpc) is 3.16. The van der Waals surface area contributed by atoms with E-state index in [4.69, 9.17) is 10.5 Å². The number of nitro benzene ring substituents is 1. The zero-order valence-corrected chi connectivity index (χ0v) is 12.6. The second-order valence-corrected chi connectivity index (χ2v) is 6.68. The summed E-state index contributed by atoms with van der Waals surface area (Å²) in [4.78, 5) is 10.4. The van der Waals surface area contributed by atoms with Crippen molar-refractivity contribution < 1.29 is 9.66 Å². The Morgan fingerprint density at radius 1 is 1.50 bits per heavy atom. The van der Waals surface area contributed by atoms with Crippen molar-refractivity contribution in [3.63, 3.8) is 0 Å². The fourth-order valence-electron chi connectivity index (χ4n) is 3.03. The summed E-state index contributed by atoms with van der Waals surface area (Å²) in [5, 5.41) is 10.8. The molecule has 0 spiro atoms. The van der Waals surface area contributed by atoms with Crippen LogP contribution in [0.5, 0.6) is 0 Å². The topological polar surface area (TPSA) is 78.4 Å². The van der Waals surface area contributed by atoms with Gasteiger partial charge in [-0.2, -0.15) is 0 Å². The molecule has 1 aromatic rings. The van der Waals surface area contributed by atoms with Gasteiger partial charge < -0.3 is 10.5 Å². The molecule has 1 heterocycles. The lowest BCUT2D eigenvalue weighted by atomic mass is 9.83. The summed E-state index contributed by atoms with van der Waals surface area (Å²) in [5.74, 6) is 0.597. The fourth-order valence-corrected chi connectivity index (χ4v) is 3.53. The number of non-ortho nitro benzene ring substituents is 1. The number of hydrogen-bond donors (Lipinski definition) is 1. The molecule has 0 amide bonds. The van der Waals surface area contributed by atoms with E-state index in [0.717, 1.165) is 16.5 Å². The van der Waals surface area contributed by atoms with Gasteiger partial charge in [0.1, 0.15) is 0 Å². The van der Waals surface area contributed by atoms with Crippen LogP contribution in [0.15, 0.2) is 22.7 Å². The molecule has 1 aromatic carbocycles. The zero-order valence-electron chi connectivity index (χ0n) is 11.0. The molecule has 1 saturated heterocycles. The minimum atomic E-state index is -0.390. The molecule has 2 atom stereocenters. The smallest absolute Gasteiger partial charge is 0.270 e. The predicted octanol–water partition coefficient (Wildman–Crippen LogP) is 2.80. The number of ether oxygens (including phenoxy) is 1. The Morgan fingerprint density at radius 3 is 2.85 bits per heavy atom. The van der Waals surface area contributed by atoms with Crippen LogP contribution in [0.1, 0.15) is 24.8 Å². The molecule has 2 unspecified atom stereocenters. The van der Waals surface area contributed by atoms with Crippen LogP contribution in [0.2, 0.25) is 0 Å². The Hall–Kier alpha value is -0.980. The van der Waals surface area contributed by atoms with Crippen molar-refractivity contribution in [2.45, 2.75) is 37.3 Å². The third-order valence-corrected chi connectivity index (χ3v) is 4.99. The maximum Gasteiger partial charge on any atom is 0.270 e. The number of benzene rings is 1. The standard InChI is InChI=1S/C14H17BrN2O3/c15-12-7-11(17(18)19)4-3-10(12)8-14(16)5-6-20-13(14)9-1-2-9/h3-4,7,9,13H,1-2,5-6,8,16H2. The largest absolute Gasteiger partial charge is 0.376 e. The number of nitrogens with zero attached hydrogens (tertiary/aromatic N) is 1. The van der Waals surface area contributed by atoms with Gasteiger partial charge in [-0.25, -0.2) is 0 Å². The molecule has 1 saturated carbocycles. The molecule has 5 nitrogen and oxygen atoms in total. The summed E-state index contributed by atoms with van der Waals surface area (Å²) in [7, 11) is 0. The lowest BCUT2D eigenvalue weighted by molar-refractivity contribution is -0.384. The molecule has 1 aliphatic carbocycles. The maximum atomic E-state index is 10.8. The predicted molar refractivity (Wildman–Crippen MR) is 78.5 cm³/mol. The summed E-state index contributed by atoms with van der Waals surface area (Å²) < 4.78 is 6.57. The van der Waals surface area contributed by atoms with Crippen LogP contribution in [0.3, 0.4) is 0 Å². The van der Waals surface area contributed by atoms with Gasteiger partial charge in [-0.1, -0.05) is 22.0 Å². The number of nitro groups is 1. The van der Waals surface area contributed by atoms with Gasteiger partial charge in [-0.3, -0.25) is 10.1 Å². The normalized spacial score (nSPS) is 29.6. The van der Waals surface area contributed by atoms with Crippen LogP contribution in [-0.4, -0.2) is 23.2 Å². The van der Waals surface area contributed by atoms with Crippen LogP contribution in [0, 0.1) is 16.0 Å². The van der Waals surface area contributed by atoms with Crippen LogP contribution < -0.4 is 5.73 Å². The Balaban J connectivity index is 1.81. The van der Waals surface area contributed by atoms with Gasteiger partial charge >= 0.3 is 0 Å². The Bertz CT molecular complexity index is 547. The quantitative estimate of drug-likeness (QED) is 0.675. The first-order valence-electron chi connectivity index (χ1n) is 6.83. The van der Waals surface area contributed by atoms with Crippen molar-refractivity contribution in [1.82, 2.24) is 0 Å². The van der Waals surface area contributed by atoms with Gasteiger partial charge in [0.25, 0.3) is 5.69 Å². The average molecular weight is 341 g/mol. The van der Waals surface area contributed by atoms with Gasteiger partial charge in [0.2, 0.25) is 0 Å². The highest BCUT2D eigenvalue weighted by molar-refractivity contribution is 9.10. The molecular formula is C14H17BrN2O3. The van der Waals surface area contributed by atoms with E-state index in [2.05, 4.69) is 15.9 Å². The highest BCUT2D eigenvalue weighted by atomic mass is 79.9. The minimum absolute atomic E-state index is 0.0908. The molecule has 2 N–H and O–H groups in total. The van der Waals surface area contributed by atoms with Crippen molar-refractivity contribution >= 4 is 21.6 Å². The molecule has 0 bridgehead atoms. The van der Waals surface area contributed by atoms with E-state index in [-0.39, 0.29) is 17.3 Å². The van der Waals surface area contributed by atoms with Crippen molar-refractivity contribution in [1.29, 1.82) is 0 Å². The van der Waals surface area contributed by atoms with E-state index in [9.17, 15) is 10.1 Å². The minimum Gasteiger partial charge on any atom is -0.376 e. The first kappa shape index (κ1) is 14.0. The maximum absolute atomic E-state index is 10.8. The molecule has 0 radical (unpaired) electrons. The number of rotatable bonds is 4. The van der Waals surface area contributed by atoms with E-state index in [1.54, 1.807) is 12.1 Å². The van der Waals surface area contributed by atoms with Crippen LogP contribution in [0.4, 0.5) is 5.69 Å². The molecular weight excluding hydrogens is 324 g/mol. The SMILES string of the molecule is NC1(Cc2ccc([N+](=O)[O-])cc2Br)CCOC1C1CC1. The molecule has 0 aromatic heterocycles. The summed E-state index contributed by atoms with van der Waals surface area (Å²) in [5.41, 5.74) is 7.32. The van der Waals surface area contributed by atoms with Gasteiger partial charge in [-0.15, -0.1) is 0 Å². The summed E-state index contributed by atoms with van der Waals surface area (Å²) in [6.07, 6.45) is 4.06. The molecule has 20 heavy (non-hydrogen) atoms. The Labute approximate surface area is 125 Å². The van der Waals surface area contributed by atoms with E-state index >= 15 is 0 Å². The van der Waals surface area contributed by atoms with Crippen molar-refractivity contribution in [3.05, 3.63) is 38.3 Å². The van der Waals surface area contributed by atoms with E-state index in [1.165, 1.54) is 18.9 Å². The second-order valence-electron chi connectivity index (χ2n) is 5.82. The molecule has 2 aliphatic rings. The Kier molecular flexibility index (Phi) is 3.56. The van der Waals surface area contributed by atoms with E-state index in [1.807, 2.05) is 0 Å². The summed E-state index contributed by atoms with van der Waals surface area (Å²) in [6.45, 7) is 0.711. The lowest BCUT2D eigenvalue weighted by Crippen LogP contribution is -2.50. The highest BCUT2D eigenvalue weighted by Gasteiger charge is 2.48. The number of hydrogen-bond acceptors (Lipinski definition) is 4. The van der Waals surface area contributed by atoms with Crippen molar-refractivity contribution in [2.24, 2.45) is 11.7 Å². The van der Waals surface area contributed by atoms with Crippen molar-refractivity contribution in [3.8, 4) is 0 Å². The van der Waals surface area contributed by atoms with Gasteiger partial charge in [0.05, 0.1) is 11.0 Å². The van der Waals surface area contributed by atoms with Gasteiger partial charge in [0.15, 0.2) is 0 Å². The summed E-state index contributed by atoms with van der Waals surface area (Å²) >= 11 is 3.42. The molecule has 6 heteroatoms. The number of nitrogens with two attached hydrogens (primary N) is 1. The molecule has 108 valence electrons. The zero-order chi connectivity index (χ0) is 14.3. The summed E-state index contributed by atoms with van der Waals surface area (Å²) in [6, 6.07) is 4.87. The van der Waals surface area contributed by atoms with Crippen LogP contribution in [0.25, 0.3) is 0 Å². The lowest BCUT2D eigenvalue weighted by Gasteiger charge is -2.30. The monoisotopic (exact) mass is 340 g/mol. The Morgan fingerprint density at radius 2 is 2.25 bits per heavy atom. The first-order chi connectivity index (χ1) is 9.49. The molecule has 1 aliphatic heterocycles. The number of halogens is 1. The third-order valence-electron chi connectivity index (χ3n) is 4.25. The third kappa shape index (κ3) is 2.60. The highest BCUT2D eigenvalue weighted by Crippen LogP contribution is 2.44. The fraction of sp³-hybridized carbons (Fsp3) is 0.571. The second kappa shape index (κ2) is 5.09. The van der Waals surface area contributed by atoms with E-state index < -0.39 is 4.92 Å². The van der Waals surface area contributed by atoms with E-state index in [0.29, 0.717) is 18.9 Å². The van der Waals surface area contributed by atoms with Gasteiger partial charge in [-0.05, 0) is 37.2 Å². The molecule has 2 fully saturated rings. The van der Waals surface area contributed by atoms with Crippen molar-refractivity contribution in [2.75, 3.05) is 6.61 Å². The van der Waals surface area contributed by atoms with Gasteiger partial charge in [0, 0.05) is 28.8 Å². The van der Waals surface area contributed by atoms with Crippen LogP contribution in [-0.2, 0) is 11.2 Å². The first-order valence-corrected chi connectivity index (χ1v) is 7.62. The van der Waals surface area contributed by atoms with Crippen LogP contribution >= 0.6 is 15.9 Å². The molecule has 3 rings (SSSR count).